The average molecular weight is 1160 g/mol. The molecule has 0 radical (unpaired) electrons. The predicted octanol–water partition coefficient (Wildman–Crippen LogP) is 5.31. The number of allylic oxidation sites excluding steroid dienone is 19. The quantitative estimate of drug-likeness (QED) is 0.0273. The van der Waals surface area contributed by atoms with Crippen LogP contribution in [0.1, 0.15) is 136 Å². The number of carbonyl (C=O) groups is 1. The van der Waals surface area contributed by atoms with Crippen LogP contribution in [0.3, 0.4) is 0 Å². The molecule has 12 N–H and O–H groups in total. The Bertz CT molecular complexity index is 1960. The summed E-state index contributed by atoms with van der Waals surface area (Å²) in [4.78, 5) is 13.2. The van der Waals surface area contributed by atoms with Crippen molar-refractivity contribution in [3.05, 3.63) is 122 Å². The summed E-state index contributed by atoms with van der Waals surface area (Å²) in [6.45, 7) is 1.46. The molecule has 0 spiro atoms. The van der Waals surface area contributed by atoms with Crippen LogP contribution in [0.15, 0.2) is 122 Å². The molecule has 17 atom stereocenters. The van der Waals surface area contributed by atoms with Crippen LogP contribution < -0.4 is 5.32 Å². The van der Waals surface area contributed by atoms with Crippen LogP contribution in [0.4, 0.5) is 0 Å². The van der Waals surface area contributed by atoms with Gasteiger partial charge in [-0.1, -0.05) is 167 Å². The van der Waals surface area contributed by atoms with Crippen molar-refractivity contribution < 1.29 is 89.4 Å². The molecule has 1 amide bonds. The first kappa shape index (κ1) is 72.4. The van der Waals surface area contributed by atoms with Gasteiger partial charge in [0, 0.05) is 6.42 Å². The first-order valence-electron chi connectivity index (χ1n) is 29.8. The number of unbranched alkanes of at least 4 members (excludes halogenated alkanes) is 7. The van der Waals surface area contributed by atoms with Gasteiger partial charge in [-0.05, 0) is 83.5 Å². The highest BCUT2D eigenvalue weighted by atomic mass is 16.8. The minimum absolute atomic E-state index is 0.154. The summed E-state index contributed by atoms with van der Waals surface area (Å²) in [5.41, 5.74) is 0. The average Bonchev–Trinajstić information content (AvgIpc) is 3.60. The Labute approximate surface area is 487 Å². The van der Waals surface area contributed by atoms with Crippen LogP contribution in [-0.4, -0.2) is 193 Å². The van der Waals surface area contributed by atoms with Crippen LogP contribution in [0.5, 0.6) is 0 Å². The highest BCUT2D eigenvalue weighted by molar-refractivity contribution is 5.76. The molecular weight excluding hydrogens is 1060 g/mol. The largest absolute Gasteiger partial charge is 0.394 e. The zero-order valence-electron chi connectivity index (χ0n) is 48.4. The molecule has 0 aromatic rings. The number of hydrogen-bond acceptors (Lipinski definition) is 18. The Morgan fingerprint density at radius 1 is 0.451 bits per heavy atom. The van der Waals surface area contributed by atoms with Crippen molar-refractivity contribution in [3.63, 3.8) is 0 Å². The maximum Gasteiger partial charge on any atom is 0.220 e. The highest BCUT2D eigenvalue weighted by Crippen LogP contribution is 2.33. The fourth-order valence-electron chi connectivity index (χ4n) is 9.13. The Balaban J connectivity index is 1.44. The van der Waals surface area contributed by atoms with Crippen LogP contribution >= 0.6 is 0 Å². The van der Waals surface area contributed by atoms with Gasteiger partial charge in [-0.3, -0.25) is 4.79 Å². The number of nitrogens with one attached hydrogen (secondary N) is 1. The van der Waals surface area contributed by atoms with E-state index in [0.717, 1.165) is 89.9 Å². The van der Waals surface area contributed by atoms with Crippen molar-refractivity contribution >= 4 is 5.91 Å². The van der Waals surface area contributed by atoms with Gasteiger partial charge in [-0.25, -0.2) is 0 Å². The van der Waals surface area contributed by atoms with Gasteiger partial charge in [0.15, 0.2) is 18.9 Å². The maximum atomic E-state index is 13.2. The molecule has 19 nitrogen and oxygen atoms in total. The van der Waals surface area contributed by atoms with E-state index in [1.807, 2.05) is 18.2 Å². The molecule has 3 aliphatic heterocycles. The van der Waals surface area contributed by atoms with E-state index in [1.54, 1.807) is 6.08 Å². The summed E-state index contributed by atoms with van der Waals surface area (Å²) in [5.74, 6) is -0.344. The van der Waals surface area contributed by atoms with Gasteiger partial charge in [0.1, 0.15) is 73.2 Å². The lowest BCUT2D eigenvalue weighted by molar-refractivity contribution is -0.379. The second kappa shape index (κ2) is 44.6. The second-order valence-electron chi connectivity index (χ2n) is 20.7. The molecule has 0 saturated carbocycles. The minimum atomic E-state index is -1.99. The maximum absolute atomic E-state index is 13.2. The zero-order chi connectivity index (χ0) is 59.7. The third-order valence-electron chi connectivity index (χ3n) is 14.0. The molecule has 3 heterocycles. The smallest absolute Gasteiger partial charge is 0.220 e. The summed E-state index contributed by atoms with van der Waals surface area (Å²) in [6.07, 6.45) is 32.2. The minimum Gasteiger partial charge on any atom is -0.394 e. The van der Waals surface area contributed by atoms with E-state index in [1.165, 1.54) is 6.42 Å². The Hall–Kier alpha value is -3.81. The van der Waals surface area contributed by atoms with Gasteiger partial charge < -0.3 is 89.9 Å². The third-order valence-corrected chi connectivity index (χ3v) is 14.0. The topological polar surface area (TPSA) is 307 Å². The summed E-state index contributed by atoms with van der Waals surface area (Å²) < 4.78 is 34.1. The van der Waals surface area contributed by atoms with E-state index in [2.05, 4.69) is 116 Å². The molecule has 0 aliphatic carbocycles. The number of aliphatic hydroxyl groups excluding tert-OH is 11. The standard InChI is InChI=1S/C63H101NO18/c1-3-5-7-9-11-13-14-15-16-17-18-19-20-21-22-23-24-25-26-27-28-29-30-31-32-33-35-37-39-41-51(69)64-46(47(68)40-38-36-34-12-10-8-6-4-2)45-77-61-57(75)54(72)59(49(43-66)79-61)82-63-58(76)55(73)60(50(44-67)80-63)81-62-56(74)53(71)52(70)48(42-65)78-62/h5,7,11,13,15-16,18-19,21-22,24-25,27-28,30-31,33,35,38,40,46-50,52-63,65-68,70-76H,3-4,6,8-10,12,14,17,20,23,26,29,32,34,36-37,39,41-45H2,1-2H3,(H,64,69)/b7-5-,13-11-,16-15-,19-18-,22-21-,25-24-,28-27-,31-30-,35-33-,40-38+. The van der Waals surface area contributed by atoms with Gasteiger partial charge in [0.2, 0.25) is 5.91 Å². The lowest BCUT2D eigenvalue weighted by atomic mass is 9.96. The Morgan fingerprint density at radius 3 is 1.30 bits per heavy atom. The molecule has 3 rings (SSSR count). The number of hydrogen-bond donors (Lipinski definition) is 12. The van der Waals surface area contributed by atoms with Crippen molar-refractivity contribution in [2.75, 3.05) is 26.4 Å². The molecule has 3 saturated heterocycles. The number of amides is 1. The van der Waals surface area contributed by atoms with Crippen molar-refractivity contribution in [1.29, 1.82) is 0 Å². The first-order chi connectivity index (χ1) is 39.8. The monoisotopic (exact) mass is 1160 g/mol. The SMILES string of the molecule is CC/C=C\C/C=C\C/C=C\C/C=C\C/C=C\C/C=C\C/C=C\C/C=C\C/C=C\CCCC(=O)NC(COC1OC(CO)C(OC2OC(CO)C(OC3OC(CO)C(O)C(O)C3O)C(O)C2O)C(O)C1O)C(O)/C=C/CCCCCCCC. The molecule has 3 aliphatic rings. The fraction of sp³-hybridized carbons (Fsp3) is 0.667. The summed E-state index contributed by atoms with van der Waals surface area (Å²) in [5, 5.41) is 120. The number of rotatable bonds is 41. The second-order valence-corrected chi connectivity index (χ2v) is 20.7. The summed E-state index contributed by atoms with van der Waals surface area (Å²) >= 11 is 0. The van der Waals surface area contributed by atoms with Gasteiger partial charge in [0.05, 0.1) is 38.6 Å². The van der Waals surface area contributed by atoms with Crippen LogP contribution in [0.25, 0.3) is 0 Å². The molecule has 0 aromatic carbocycles. The number of ether oxygens (including phenoxy) is 6. The third kappa shape index (κ3) is 27.9. The number of carbonyl (C=O) groups excluding carboxylic acids is 1. The molecule has 19 heteroatoms. The van der Waals surface area contributed by atoms with Gasteiger partial charge in [-0.15, -0.1) is 0 Å². The van der Waals surface area contributed by atoms with Crippen LogP contribution in [-0.2, 0) is 33.2 Å². The lowest BCUT2D eigenvalue weighted by Gasteiger charge is -2.48. The van der Waals surface area contributed by atoms with E-state index < -0.39 is 124 Å². The van der Waals surface area contributed by atoms with E-state index in [0.29, 0.717) is 19.3 Å². The van der Waals surface area contributed by atoms with Crippen LogP contribution in [0.2, 0.25) is 0 Å². The molecule has 82 heavy (non-hydrogen) atoms. The van der Waals surface area contributed by atoms with Crippen LogP contribution in [0, 0.1) is 0 Å². The van der Waals surface area contributed by atoms with Crippen molar-refractivity contribution in [3.8, 4) is 0 Å². The van der Waals surface area contributed by atoms with Gasteiger partial charge in [0.25, 0.3) is 0 Å². The Morgan fingerprint density at radius 2 is 0.841 bits per heavy atom. The van der Waals surface area contributed by atoms with E-state index >= 15 is 0 Å². The molecule has 466 valence electrons. The summed E-state index contributed by atoms with van der Waals surface area (Å²) in [6, 6.07) is -1.01. The van der Waals surface area contributed by atoms with Crippen molar-refractivity contribution in [2.24, 2.45) is 0 Å². The fourth-order valence-corrected chi connectivity index (χ4v) is 9.13. The molecular formula is C63H101NO18. The van der Waals surface area contributed by atoms with E-state index in [4.69, 9.17) is 28.4 Å². The predicted molar refractivity (Wildman–Crippen MR) is 313 cm³/mol. The Kier molecular flexibility index (Phi) is 39.4. The normalized spacial score (nSPS) is 30.5. The van der Waals surface area contributed by atoms with E-state index in [9.17, 15) is 61.0 Å². The summed E-state index contributed by atoms with van der Waals surface area (Å²) in [7, 11) is 0. The molecule has 0 bridgehead atoms. The number of aliphatic hydroxyl groups is 11. The highest BCUT2D eigenvalue weighted by Gasteiger charge is 2.53. The van der Waals surface area contributed by atoms with Crippen molar-refractivity contribution in [2.45, 2.75) is 240 Å². The first-order valence-corrected chi connectivity index (χ1v) is 29.8. The molecule has 17 unspecified atom stereocenters. The van der Waals surface area contributed by atoms with Gasteiger partial charge in [-0.2, -0.15) is 0 Å². The lowest BCUT2D eigenvalue weighted by Crippen LogP contribution is -2.66. The van der Waals surface area contributed by atoms with Gasteiger partial charge >= 0.3 is 0 Å². The molecule has 0 aromatic heterocycles. The zero-order valence-corrected chi connectivity index (χ0v) is 48.4. The van der Waals surface area contributed by atoms with Crippen molar-refractivity contribution in [1.82, 2.24) is 5.32 Å². The molecule has 3 fully saturated rings. The van der Waals surface area contributed by atoms with E-state index in [-0.39, 0.29) is 18.9 Å².